The van der Waals surface area contributed by atoms with Crippen LogP contribution in [0.25, 0.3) is 0 Å². The summed E-state index contributed by atoms with van der Waals surface area (Å²) in [5, 5.41) is 22.0. The smallest absolute Gasteiger partial charge is 0.326 e. The molecule has 0 radical (unpaired) electrons. The summed E-state index contributed by atoms with van der Waals surface area (Å²) in [6, 6.07) is 6.27. The van der Waals surface area contributed by atoms with Gasteiger partial charge in [-0.3, -0.25) is 9.59 Å². The predicted molar refractivity (Wildman–Crippen MR) is 124 cm³/mol. The summed E-state index contributed by atoms with van der Waals surface area (Å²) in [6.07, 6.45) is 7.21. The summed E-state index contributed by atoms with van der Waals surface area (Å²) >= 11 is 0. The molecule has 2 fully saturated rings. The van der Waals surface area contributed by atoms with E-state index in [0.717, 1.165) is 11.3 Å². The number of carbonyl (C=O) groups excluding carboxylic acids is 1. The number of hydrogen-bond acceptors (Lipinski definition) is 4. The summed E-state index contributed by atoms with van der Waals surface area (Å²) in [7, 11) is 0. The standard InChI is InChI=1S/C26H37NO6/c1-25(2)20(13-14-26(25,3)24(31)32)22(28)27-21(23(29)30)15-17-9-11-19(12-10-17)33-16-18-7-5-4-6-8-18/h9-12,18,20-21H,4-8,13-16H2,1-3H3,(H,27,28)(H,29,30)(H,31,32)/t20-,21-,26+/m0/s1. The van der Waals surface area contributed by atoms with Crippen molar-refractivity contribution in [3.63, 3.8) is 0 Å². The maximum Gasteiger partial charge on any atom is 0.326 e. The van der Waals surface area contributed by atoms with Gasteiger partial charge in [0.1, 0.15) is 11.8 Å². The van der Waals surface area contributed by atoms with E-state index in [1.54, 1.807) is 20.8 Å². The van der Waals surface area contributed by atoms with Crippen LogP contribution in [-0.2, 0) is 20.8 Å². The van der Waals surface area contributed by atoms with Crippen molar-refractivity contribution in [3.05, 3.63) is 29.8 Å². The summed E-state index contributed by atoms with van der Waals surface area (Å²) < 4.78 is 5.91. The zero-order valence-corrected chi connectivity index (χ0v) is 19.9. The van der Waals surface area contributed by atoms with E-state index in [0.29, 0.717) is 25.4 Å². The predicted octanol–water partition coefficient (Wildman–Crippen LogP) is 4.28. The summed E-state index contributed by atoms with van der Waals surface area (Å²) in [5.41, 5.74) is -1.03. The molecule has 3 N–H and O–H groups in total. The first-order chi connectivity index (χ1) is 15.5. The van der Waals surface area contributed by atoms with E-state index >= 15 is 0 Å². The van der Waals surface area contributed by atoms with E-state index in [1.165, 1.54) is 32.1 Å². The Bertz CT molecular complexity index is 858. The van der Waals surface area contributed by atoms with Crippen LogP contribution in [0.4, 0.5) is 0 Å². The largest absolute Gasteiger partial charge is 0.493 e. The van der Waals surface area contributed by atoms with Gasteiger partial charge in [-0.05, 0) is 61.6 Å². The van der Waals surface area contributed by atoms with Crippen LogP contribution in [-0.4, -0.2) is 40.7 Å². The molecule has 1 aromatic carbocycles. The Kier molecular flexibility index (Phi) is 7.70. The summed E-state index contributed by atoms with van der Waals surface area (Å²) in [4.78, 5) is 36.6. The monoisotopic (exact) mass is 459 g/mol. The molecule has 1 amide bonds. The number of ether oxygens (including phenoxy) is 1. The van der Waals surface area contributed by atoms with Crippen LogP contribution < -0.4 is 10.1 Å². The van der Waals surface area contributed by atoms with Crippen molar-refractivity contribution >= 4 is 17.8 Å². The zero-order chi connectivity index (χ0) is 24.2. The van der Waals surface area contributed by atoms with Gasteiger partial charge in [-0.1, -0.05) is 45.2 Å². The van der Waals surface area contributed by atoms with Crippen molar-refractivity contribution in [2.24, 2.45) is 22.7 Å². The van der Waals surface area contributed by atoms with Gasteiger partial charge in [0.25, 0.3) is 0 Å². The molecular weight excluding hydrogens is 422 g/mol. The Balaban J connectivity index is 1.59. The topological polar surface area (TPSA) is 113 Å². The average molecular weight is 460 g/mol. The minimum atomic E-state index is -1.11. The normalized spacial score (nSPS) is 25.8. The maximum atomic E-state index is 13.0. The molecule has 3 atom stereocenters. The molecule has 2 saturated carbocycles. The molecule has 1 aromatic rings. The Morgan fingerprint density at radius 2 is 1.67 bits per heavy atom. The Hall–Kier alpha value is -2.57. The van der Waals surface area contributed by atoms with Crippen molar-refractivity contribution < 1.29 is 29.3 Å². The first-order valence-electron chi connectivity index (χ1n) is 12.0. The second kappa shape index (κ2) is 10.1. The molecule has 0 bridgehead atoms. The average Bonchev–Trinajstić information content (AvgIpc) is 3.03. The van der Waals surface area contributed by atoms with Crippen molar-refractivity contribution in [2.75, 3.05) is 6.61 Å². The van der Waals surface area contributed by atoms with Gasteiger partial charge in [-0.15, -0.1) is 0 Å². The van der Waals surface area contributed by atoms with Crippen LogP contribution in [0.1, 0.15) is 71.3 Å². The van der Waals surface area contributed by atoms with Crippen LogP contribution in [0.2, 0.25) is 0 Å². The third kappa shape index (κ3) is 5.50. The number of hydrogen-bond donors (Lipinski definition) is 3. The van der Waals surface area contributed by atoms with Crippen LogP contribution in [0, 0.1) is 22.7 Å². The lowest BCUT2D eigenvalue weighted by atomic mass is 9.65. The number of carboxylic acid groups (broad SMARTS) is 2. The fraction of sp³-hybridized carbons (Fsp3) is 0.654. The van der Waals surface area contributed by atoms with E-state index < -0.39 is 40.6 Å². The molecular formula is C26H37NO6. The molecule has 182 valence electrons. The van der Waals surface area contributed by atoms with E-state index in [9.17, 15) is 24.6 Å². The first kappa shape index (κ1) is 25.1. The molecule has 0 unspecified atom stereocenters. The van der Waals surface area contributed by atoms with Gasteiger partial charge in [0.05, 0.1) is 12.0 Å². The molecule has 7 nitrogen and oxygen atoms in total. The van der Waals surface area contributed by atoms with E-state index in [4.69, 9.17) is 4.74 Å². The minimum Gasteiger partial charge on any atom is -0.493 e. The molecule has 0 aromatic heterocycles. The molecule has 2 aliphatic rings. The molecule has 33 heavy (non-hydrogen) atoms. The Labute approximate surface area is 195 Å². The summed E-state index contributed by atoms with van der Waals surface area (Å²) in [5.74, 6) is -1.63. The molecule has 0 saturated heterocycles. The highest BCUT2D eigenvalue weighted by Crippen LogP contribution is 2.56. The van der Waals surface area contributed by atoms with Crippen LogP contribution in [0.5, 0.6) is 5.75 Å². The van der Waals surface area contributed by atoms with Crippen molar-refractivity contribution in [1.29, 1.82) is 0 Å². The number of nitrogens with one attached hydrogen (secondary N) is 1. The number of carboxylic acids is 2. The quantitative estimate of drug-likeness (QED) is 0.508. The van der Waals surface area contributed by atoms with Crippen LogP contribution >= 0.6 is 0 Å². The Morgan fingerprint density at radius 3 is 2.21 bits per heavy atom. The lowest BCUT2D eigenvalue weighted by molar-refractivity contribution is -0.155. The number of rotatable bonds is 9. The minimum absolute atomic E-state index is 0.146. The molecule has 2 aliphatic carbocycles. The molecule has 0 spiro atoms. The van der Waals surface area contributed by atoms with Gasteiger partial charge in [0.15, 0.2) is 0 Å². The van der Waals surface area contributed by atoms with Crippen molar-refractivity contribution in [1.82, 2.24) is 5.32 Å². The van der Waals surface area contributed by atoms with Gasteiger partial charge < -0.3 is 20.3 Å². The number of aliphatic carboxylic acids is 2. The van der Waals surface area contributed by atoms with Gasteiger partial charge in [-0.2, -0.15) is 0 Å². The number of carbonyl (C=O) groups is 3. The van der Waals surface area contributed by atoms with Crippen molar-refractivity contribution in [2.45, 2.75) is 78.2 Å². The van der Waals surface area contributed by atoms with Gasteiger partial charge >= 0.3 is 11.9 Å². The second-order valence-electron chi connectivity index (χ2n) is 10.5. The highest BCUT2D eigenvalue weighted by molar-refractivity contribution is 5.87. The van der Waals surface area contributed by atoms with Gasteiger partial charge in [0.2, 0.25) is 5.91 Å². The molecule has 7 heteroatoms. The van der Waals surface area contributed by atoms with Crippen molar-refractivity contribution in [3.8, 4) is 5.75 Å². The highest BCUT2D eigenvalue weighted by Gasteiger charge is 2.58. The molecule has 3 rings (SSSR count). The SMILES string of the molecule is CC1(C)[C@H](C(=O)N[C@@H](Cc2ccc(OCC3CCCCC3)cc2)C(=O)O)CC[C@]1(C)C(=O)O. The van der Waals surface area contributed by atoms with Crippen LogP contribution in [0.3, 0.4) is 0 Å². The lowest BCUT2D eigenvalue weighted by Crippen LogP contribution is -2.49. The second-order valence-corrected chi connectivity index (χ2v) is 10.5. The number of benzene rings is 1. The maximum absolute atomic E-state index is 13.0. The van der Waals surface area contributed by atoms with E-state index in [-0.39, 0.29) is 6.42 Å². The van der Waals surface area contributed by atoms with E-state index in [1.807, 2.05) is 24.3 Å². The number of amides is 1. The lowest BCUT2D eigenvalue weighted by Gasteiger charge is -2.38. The fourth-order valence-corrected chi connectivity index (χ4v) is 5.34. The first-order valence-corrected chi connectivity index (χ1v) is 12.0. The molecule has 0 aliphatic heterocycles. The molecule has 0 heterocycles. The highest BCUT2D eigenvalue weighted by atomic mass is 16.5. The van der Waals surface area contributed by atoms with E-state index in [2.05, 4.69) is 5.32 Å². The van der Waals surface area contributed by atoms with Crippen LogP contribution in [0.15, 0.2) is 24.3 Å². The third-order valence-corrected chi connectivity index (χ3v) is 8.20. The fourth-order valence-electron chi connectivity index (χ4n) is 5.34. The Morgan fingerprint density at radius 1 is 1.03 bits per heavy atom. The third-order valence-electron chi connectivity index (χ3n) is 8.20. The summed E-state index contributed by atoms with van der Waals surface area (Å²) in [6.45, 7) is 5.93. The van der Waals surface area contributed by atoms with Gasteiger partial charge in [0, 0.05) is 12.3 Å². The van der Waals surface area contributed by atoms with Gasteiger partial charge in [-0.25, -0.2) is 4.79 Å². The zero-order valence-electron chi connectivity index (χ0n) is 19.9.